The minimum atomic E-state index is 1.24. The van der Waals surface area contributed by atoms with Crippen molar-refractivity contribution in [1.29, 1.82) is 0 Å². The number of fused-ring (bicyclic) bond motifs is 6. The fraction of sp³-hybridized carbons (Fsp3) is 0. The van der Waals surface area contributed by atoms with E-state index in [0.717, 1.165) is 0 Å². The van der Waals surface area contributed by atoms with Gasteiger partial charge in [-0.2, -0.15) is 0 Å². The summed E-state index contributed by atoms with van der Waals surface area (Å²) in [7, 11) is 0. The Balaban J connectivity index is 0.975. The number of hydrogen-bond acceptors (Lipinski definition) is 3. The molecule has 0 radical (unpaired) electrons. The first-order chi connectivity index (χ1) is 31.1. The lowest BCUT2D eigenvalue weighted by Gasteiger charge is -2.14. The van der Waals surface area contributed by atoms with Gasteiger partial charge in [0.05, 0.1) is 0 Å². The molecule has 3 aromatic heterocycles. The van der Waals surface area contributed by atoms with Crippen LogP contribution in [0.5, 0.6) is 0 Å². The molecule has 0 aliphatic carbocycles. The van der Waals surface area contributed by atoms with Gasteiger partial charge in [-0.15, -0.1) is 34.0 Å². The van der Waals surface area contributed by atoms with E-state index in [9.17, 15) is 0 Å². The van der Waals surface area contributed by atoms with Gasteiger partial charge in [-0.05, 0) is 205 Å². The third-order valence-electron chi connectivity index (χ3n) is 12.8. The van der Waals surface area contributed by atoms with E-state index in [-0.39, 0.29) is 0 Å². The fourth-order valence-electron chi connectivity index (χ4n) is 9.62. The summed E-state index contributed by atoms with van der Waals surface area (Å²) in [5, 5.41) is 22.0. The summed E-state index contributed by atoms with van der Waals surface area (Å²) in [6, 6.07) is 75.0. The summed E-state index contributed by atoms with van der Waals surface area (Å²) in [5.74, 6) is 0. The predicted octanol–water partition coefficient (Wildman–Crippen LogP) is 18.8. The number of rotatable bonds is 6. The van der Waals surface area contributed by atoms with E-state index in [1.165, 1.54) is 129 Å². The number of thiophene rings is 3. The van der Waals surface area contributed by atoms with Crippen molar-refractivity contribution in [3.8, 4) is 64.7 Å². The Kier molecular flexibility index (Phi) is 8.55. The van der Waals surface area contributed by atoms with Crippen LogP contribution in [0.2, 0.25) is 0 Å². The highest BCUT2D eigenvalue weighted by Gasteiger charge is 2.19. The molecule has 0 saturated heterocycles. The van der Waals surface area contributed by atoms with Crippen molar-refractivity contribution in [1.82, 2.24) is 0 Å². The first kappa shape index (κ1) is 36.5. The number of benzene rings is 10. The van der Waals surface area contributed by atoms with Gasteiger partial charge in [-0.3, -0.25) is 0 Å². The second-order valence-electron chi connectivity index (χ2n) is 16.6. The third kappa shape index (κ3) is 6.39. The second-order valence-corrected chi connectivity index (χ2v) is 19.3. The highest BCUT2D eigenvalue weighted by atomic mass is 32.1. The summed E-state index contributed by atoms with van der Waals surface area (Å²) in [6.07, 6.45) is 0. The smallest absolute Gasteiger partial charge is 0.0421 e. The Morgan fingerprint density at radius 2 is 0.444 bits per heavy atom. The van der Waals surface area contributed by atoms with Gasteiger partial charge in [0.15, 0.2) is 0 Å². The molecule has 0 aliphatic heterocycles. The Morgan fingerprint density at radius 3 is 0.730 bits per heavy atom. The molecule has 63 heavy (non-hydrogen) atoms. The quantitative estimate of drug-likeness (QED) is 0.146. The molecule has 0 amide bonds. The Bertz CT molecular complexity index is 3510. The molecule has 0 bridgehead atoms. The van der Waals surface area contributed by atoms with Crippen LogP contribution in [-0.4, -0.2) is 0 Å². The van der Waals surface area contributed by atoms with E-state index in [4.69, 9.17) is 0 Å². The van der Waals surface area contributed by atoms with Crippen LogP contribution in [0.25, 0.3) is 129 Å². The second kappa shape index (κ2) is 14.8. The van der Waals surface area contributed by atoms with Gasteiger partial charge in [0.25, 0.3) is 0 Å². The van der Waals surface area contributed by atoms with Gasteiger partial charge in [0.1, 0.15) is 0 Å². The van der Waals surface area contributed by atoms with E-state index in [2.05, 4.69) is 216 Å². The maximum atomic E-state index is 2.44. The summed E-state index contributed by atoms with van der Waals surface area (Å²) in [4.78, 5) is 3.85. The topological polar surface area (TPSA) is 0 Å². The van der Waals surface area contributed by atoms with E-state index in [0.29, 0.717) is 0 Å². The predicted molar refractivity (Wildman–Crippen MR) is 278 cm³/mol. The molecule has 0 unspecified atom stereocenters. The molecular formula is C60H36S3. The molecule has 0 atom stereocenters. The first-order valence-corrected chi connectivity index (χ1v) is 24.0. The molecule has 3 heteroatoms. The van der Waals surface area contributed by atoms with Crippen LogP contribution in [0.4, 0.5) is 0 Å². The summed E-state index contributed by atoms with van der Waals surface area (Å²) in [6.45, 7) is 0. The van der Waals surface area contributed by atoms with Crippen LogP contribution in [0, 0.1) is 0 Å². The van der Waals surface area contributed by atoms with Gasteiger partial charge in [0, 0.05) is 31.3 Å². The Morgan fingerprint density at radius 1 is 0.190 bits per heavy atom. The van der Waals surface area contributed by atoms with Crippen LogP contribution in [0.1, 0.15) is 0 Å². The summed E-state index contributed by atoms with van der Waals surface area (Å²) < 4.78 is 0. The molecule has 3 heterocycles. The zero-order valence-corrected chi connectivity index (χ0v) is 36.5. The molecule has 0 saturated carbocycles. The molecule has 13 rings (SSSR count). The first-order valence-electron chi connectivity index (χ1n) is 21.3. The van der Waals surface area contributed by atoms with Gasteiger partial charge >= 0.3 is 0 Å². The van der Waals surface area contributed by atoms with Gasteiger partial charge < -0.3 is 0 Å². The Labute approximate surface area is 377 Å². The van der Waals surface area contributed by atoms with Crippen LogP contribution in [-0.2, 0) is 0 Å². The van der Waals surface area contributed by atoms with Crippen molar-refractivity contribution < 1.29 is 0 Å². The van der Waals surface area contributed by atoms with Crippen molar-refractivity contribution in [2.24, 2.45) is 0 Å². The van der Waals surface area contributed by atoms with Crippen molar-refractivity contribution in [3.63, 3.8) is 0 Å². The van der Waals surface area contributed by atoms with Gasteiger partial charge in [-0.25, -0.2) is 0 Å². The minimum Gasteiger partial charge on any atom is -0.143 e. The molecule has 10 aromatic carbocycles. The number of hydrogen-bond donors (Lipinski definition) is 0. The maximum Gasteiger partial charge on any atom is 0.0421 e. The molecule has 13 aromatic rings. The van der Waals surface area contributed by atoms with Gasteiger partial charge in [0.2, 0.25) is 0 Å². The average Bonchev–Trinajstić information content (AvgIpc) is 4.14. The molecule has 0 N–H and O–H groups in total. The van der Waals surface area contributed by atoms with Crippen LogP contribution in [0.3, 0.4) is 0 Å². The highest BCUT2D eigenvalue weighted by molar-refractivity contribution is 7.15. The average molecular weight is 853 g/mol. The Hall–Kier alpha value is -7.14. The molecule has 0 aliphatic rings. The van der Waals surface area contributed by atoms with Crippen molar-refractivity contribution in [2.45, 2.75) is 0 Å². The normalized spacial score (nSPS) is 11.8. The van der Waals surface area contributed by atoms with E-state index in [1.807, 2.05) is 34.0 Å². The summed E-state index contributed by atoms with van der Waals surface area (Å²) in [5.41, 5.74) is 11.2. The maximum absolute atomic E-state index is 2.44. The van der Waals surface area contributed by atoms with Crippen LogP contribution in [0.15, 0.2) is 216 Å². The molecular weight excluding hydrogens is 817 g/mol. The van der Waals surface area contributed by atoms with E-state index in [1.54, 1.807) is 0 Å². The largest absolute Gasteiger partial charge is 0.143 e. The monoisotopic (exact) mass is 852 g/mol. The zero-order valence-electron chi connectivity index (χ0n) is 34.0. The molecule has 0 nitrogen and oxygen atoms in total. The van der Waals surface area contributed by atoms with Crippen molar-refractivity contribution in [2.75, 3.05) is 0 Å². The highest BCUT2D eigenvalue weighted by Crippen LogP contribution is 2.47. The summed E-state index contributed by atoms with van der Waals surface area (Å²) >= 11 is 5.49. The molecule has 0 spiro atoms. The minimum absolute atomic E-state index is 1.24. The van der Waals surface area contributed by atoms with E-state index < -0.39 is 0 Å². The lowest BCUT2D eigenvalue weighted by Crippen LogP contribution is -1.87. The lowest BCUT2D eigenvalue weighted by atomic mass is 9.93. The standard InChI is InChI=1S/C60H36S3/c1-4-10-40-28-49-31-46(16-13-43(49)25-37(40)7-1)55-19-22-61-58(55)52-34-53(59-56(20-23-62-59)47-17-14-44-26-38-8-2-5-11-41(38)29-50(44)32-47)36-54(35-52)60-57(21-24-63-60)48-18-15-45-27-39-9-3-6-12-42(39)30-51(45)33-48/h1-36H. The van der Waals surface area contributed by atoms with Gasteiger partial charge in [-0.1, -0.05) is 109 Å². The zero-order chi connectivity index (χ0) is 41.4. The third-order valence-corrected chi connectivity index (χ3v) is 15.7. The van der Waals surface area contributed by atoms with Crippen molar-refractivity contribution >= 4 is 98.6 Å². The fourth-order valence-corrected chi connectivity index (χ4v) is 12.3. The SMILES string of the molecule is c1ccc2cc3cc(-c4ccsc4-c4cc(-c5sccc5-c5ccc6cc7ccccc7cc6c5)cc(-c5sccc5-c5ccc6cc7ccccc7cc6c5)c4)ccc3cc2c1. The van der Waals surface area contributed by atoms with Crippen LogP contribution < -0.4 is 0 Å². The van der Waals surface area contributed by atoms with E-state index >= 15 is 0 Å². The molecule has 0 fully saturated rings. The van der Waals surface area contributed by atoms with Crippen LogP contribution >= 0.6 is 34.0 Å². The van der Waals surface area contributed by atoms with Crippen molar-refractivity contribution in [3.05, 3.63) is 216 Å². The molecule has 294 valence electrons. The lowest BCUT2D eigenvalue weighted by molar-refractivity contribution is 1.64.